The third-order valence-corrected chi connectivity index (χ3v) is 7.80. The molecule has 1 atom stereocenters. The molecule has 0 radical (unpaired) electrons. The summed E-state index contributed by atoms with van der Waals surface area (Å²) in [6.45, 7) is 1.26. The molecule has 0 saturated carbocycles. The largest absolute Gasteiger partial charge is 0.417 e. The lowest BCUT2D eigenvalue weighted by molar-refractivity contribution is -0.137. The molecular formula is C20H22F3N5O2S. The second-order valence-corrected chi connectivity index (χ2v) is 9.89. The van der Waals surface area contributed by atoms with E-state index in [9.17, 15) is 21.6 Å². The molecule has 1 unspecified atom stereocenters. The zero-order chi connectivity index (χ0) is 22.2. The minimum atomic E-state index is -4.73. The van der Waals surface area contributed by atoms with E-state index in [2.05, 4.69) is 14.8 Å². The average Bonchev–Trinajstić information content (AvgIpc) is 3.01. The van der Waals surface area contributed by atoms with Crippen LogP contribution in [0.5, 0.6) is 0 Å². The molecule has 0 aliphatic carbocycles. The van der Waals surface area contributed by atoms with Gasteiger partial charge in [0.05, 0.1) is 22.1 Å². The molecule has 7 nitrogen and oxygen atoms in total. The minimum Gasteiger partial charge on any atom is -0.315 e. The summed E-state index contributed by atoms with van der Waals surface area (Å²) in [5, 5.41) is 17.7. The van der Waals surface area contributed by atoms with Gasteiger partial charge < -0.3 is 4.57 Å². The molecule has 2 aliphatic heterocycles. The maximum atomic E-state index is 13.2. The number of rotatable bonds is 3. The van der Waals surface area contributed by atoms with Crippen LogP contribution in [-0.2, 0) is 29.2 Å². The van der Waals surface area contributed by atoms with Crippen LogP contribution in [0.25, 0.3) is 0 Å². The Hall–Kier alpha value is -2.45. The number of halogens is 3. The molecule has 1 saturated heterocycles. The molecule has 0 spiro atoms. The van der Waals surface area contributed by atoms with Crippen LogP contribution in [0.15, 0.2) is 23.1 Å². The fraction of sp³-hybridized carbons (Fsp3) is 0.550. The van der Waals surface area contributed by atoms with Crippen molar-refractivity contribution in [1.82, 2.24) is 19.1 Å². The normalized spacial score (nSPS) is 20.6. The monoisotopic (exact) mass is 453 g/mol. The lowest BCUT2D eigenvalue weighted by Crippen LogP contribution is -2.39. The SMILES string of the molecule is N#Cc1cc(S(=O)(=O)N2CCCC(c3nnc4n3CCCCC4)C2)ccc1C(F)(F)F. The second kappa shape index (κ2) is 8.24. The van der Waals surface area contributed by atoms with E-state index < -0.39 is 27.3 Å². The van der Waals surface area contributed by atoms with Crippen molar-refractivity contribution in [3.05, 3.63) is 41.0 Å². The molecule has 166 valence electrons. The fourth-order valence-electron chi connectivity index (χ4n) is 4.35. The zero-order valence-electron chi connectivity index (χ0n) is 16.8. The summed E-state index contributed by atoms with van der Waals surface area (Å²) in [6.07, 6.45) is 0.689. The lowest BCUT2D eigenvalue weighted by Gasteiger charge is -2.31. The van der Waals surface area contributed by atoms with Crippen molar-refractivity contribution in [2.75, 3.05) is 13.1 Å². The summed E-state index contributed by atoms with van der Waals surface area (Å²) in [4.78, 5) is -0.308. The van der Waals surface area contributed by atoms with Gasteiger partial charge >= 0.3 is 6.18 Å². The predicted octanol–water partition coefficient (Wildman–Crippen LogP) is 3.46. The molecule has 4 rings (SSSR count). The summed E-state index contributed by atoms with van der Waals surface area (Å²) in [5.74, 6) is 1.57. The predicted molar refractivity (Wildman–Crippen MR) is 104 cm³/mol. The van der Waals surface area contributed by atoms with Gasteiger partial charge in [0.2, 0.25) is 10.0 Å². The Bertz CT molecular complexity index is 1120. The van der Waals surface area contributed by atoms with Crippen molar-refractivity contribution in [1.29, 1.82) is 5.26 Å². The number of benzene rings is 1. The number of fused-ring (bicyclic) bond motifs is 1. The number of hydrogen-bond acceptors (Lipinski definition) is 5. The van der Waals surface area contributed by atoms with Crippen LogP contribution >= 0.6 is 0 Å². The van der Waals surface area contributed by atoms with Gasteiger partial charge in [-0.3, -0.25) is 0 Å². The van der Waals surface area contributed by atoms with Gasteiger partial charge in [-0.15, -0.1) is 10.2 Å². The van der Waals surface area contributed by atoms with E-state index in [0.29, 0.717) is 12.5 Å². The van der Waals surface area contributed by atoms with Crippen LogP contribution in [0.4, 0.5) is 13.2 Å². The summed E-state index contributed by atoms with van der Waals surface area (Å²) in [7, 11) is -4.05. The topological polar surface area (TPSA) is 91.9 Å². The second-order valence-electron chi connectivity index (χ2n) is 7.96. The van der Waals surface area contributed by atoms with E-state index in [1.165, 1.54) is 10.4 Å². The van der Waals surface area contributed by atoms with E-state index in [4.69, 9.17) is 5.26 Å². The smallest absolute Gasteiger partial charge is 0.315 e. The average molecular weight is 453 g/mol. The molecule has 1 aromatic carbocycles. The molecule has 0 bridgehead atoms. The summed E-state index contributed by atoms with van der Waals surface area (Å²) < 4.78 is 68.9. The van der Waals surface area contributed by atoms with Crippen molar-refractivity contribution >= 4 is 10.0 Å². The van der Waals surface area contributed by atoms with E-state index in [1.54, 1.807) is 0 Å². The van der Waals surface area contributed by atoms with Gasteiger partial charge in [0, 0.05) is 32.0 Å². The first kappa shape index (κ1) is 21.8. The van der Waals surface area contributed by atoms with Crippen LogP contribution in [0, 0.1) is 11.3 Å². The Morgan fingerprint density at radius 1 is 1.10 bits per heavy atom. The summed E-state index contributed by atoms with van der Waals surface area (Å²) in [5.41, 5.74) is -1.85. The van der Waals surface area contributed by atoms with E-state index in [0.717, 1.165) is 62.4 Å². The van der Waals surface area contributed by atoms with Crippen LogP contribution in [0.1, 0.15) is 60.8 Å². The highest BCUT2D eigenvalue weighted by Gasteiger charge is 2.37. The number of sulfonamides is 1. The van der Waals surface area contributed by atoms with Crippen molar-refractivity contribution in [2.45, 2.75) is 62.1 Å². The number of nitrogens with zero attached hydrogens (tertiary/aromatic N) is 5. The summed E-state index contributed by atoms with van der Waals surface area (Å²) >= 11 is 0. The first-order valence-corrected chi connectivity index (χ1v) is 11.7. The lowest BCUT2D eigenvalue weighted by atomic mass is 9.99. The fourth-order valence-corrected chi connectivity index (χ4v) is 5.90. The quantitative estimate of drug-likeness (QED) is 0.710. The van der Waals surface area contributed by atoms with Crippen LogP contribution < -0.4 is 0 Å². The van der Waals surface area contributed by atoms with Gasteiger partial charge in [-0.05, 0) is 43.9 Å². The molecule has 1 fully saturated rings. The van der Waals surface area contributed by atoms with Gasteiger partial charge in [0.15, 0.2) is 0 Å². The maximum absolute atomic E-state index is 13.2. The maximum Gasteiger partial charge on any atom is 0.417 e. The Morgan fingerprint density at radius 3 is 2.65 bits per heavy atom. The molecule has 0 amide bonds. The minimum absolute atomic E-state index is 0.132. The molecule has 3 heterocycles. The number of hydrogen-bond donors (Lipinski definition) is 0. The molecule has 31 heavy (non-hydrogen) atoms. The first-order chi connectivity index (χ1) is 14.7. The van der Waals surface area contributed by atoms with E-state index >= 15 is 0 Å². The third-order valence-electron chi connectivity index (χ3n) is 5.94. The van der Waals surface area contributed by atoms with Crippen LogP contribution in [-0.4, -0.2) is 40.6 Å². The molecule has 0 N–H and O–H groups in total. The highest BCUT2D eigenvalue weighted by Crippen LogP contribution is 2.35. The number of nitriles is 1. The standard InChI is InChI=1S/C20H22F3N5O2S/c21-20(22,23)17-8-7-16(11-15(17)12-24)31(29,30)27-9-4-5-14(13-27)19-26-25-18-6-2-1-3-10-28(18)19/h7-8,11,14H,1-6,9-10,13H2. The van der Waals surface area contributed by atoms with E-state index in [1.807, 2.05) is 0 Å². The van der Waals surface area contributed by atoms with Crippen molar-refractivity contribution in [3.8, 4) is 6.07 Å². The van der Waals surface area contributed by atoms with Crippen LogP contribution in [0.3, 0.4) is 0 Å². The Labute approximate surface area is 178 Å². The third kappa shape index (κ3) is 4.19. The van der Waals surface area contributed by atoms with Gasteiger partial charge in [-0.2, -0.15) is 22.7 Å². The van der Waals surface area contributed by atoms with Gasteiger partial charge in [0.25, 0.3) is 0 Å². The summed E-state index contributed by atoms with van der Waals surface area (Å²) in [6, 6.07) is 3.85. The van der Waals surface area contributed by atoms with Gasteiger partial charge in [-0.1, -0.05) is 6.42 Å². The molecule has 11 heteroatoms. The Kier molecular flexibility index (Phi) is 5.79. The number of alkyl halides is 3. The zero-order valence-corrected chi connectivity index (χ0v) is 17.6. The van der Waals surface area contributed by atoms with Gasteiger partial charge in [0.1, 0.15) is 11.6 Å². The van der Waals surface area contributed by atoms with E-state index in [-0.39, 0.29) is 23.9 Å². The molecule has 2 aliphatic rings. The molecular weight excluding hydrogens is 431 g/mol. The highest BCUT2D eigenvalue weighted by atomic mass is 32.2. The van der Waals surface area contributed by atoms with Crippen LogP contribution in [0.2, 0.25) is 0 Å². The number of piperidine rings is 1. The van der Waals surface area contributed by atoms with Crippen molar-refractivity contribution in [2.24, 2.45) is 0 Å². The van der Waals surface area contributed by atoms with Gasteiger partial charge in [-0.25, -0.2) is 8.42 Å². The highest BCUT2D eigenvalue weighted by molar-refractivity contribution is 7.89. The van der Waals surface area contributed by atoms with Crippen molar-refractivity contribution < 1.29 is 21.6 Å². The Balaban J connectivity index is 1.61. The molecule has 1 aromatic heterocycles. The Morgan fingerprint density at radius 2 is 1.90 bits per heavy atom. The first-order valence-electron chi connectivity index (χ1n) is 10.3. The van der Waals surface area contributed by atoms with Crippen molar-refractivity contribution in [3.63, 3.8) is 0 Å². The number of aromatic nitrogens is 3. The molecule has 2 aromatic rings. The number of aryl methyl sites for hydroxylation is 1.